The van der Waals surface area contributed by atoms with Crippen molar-refractivity contribution in [1.29, 1.82) is 0 Å². The van der Waals surface area contributed by atoms with Crippen LogP contribution in [0.4, 0.5) is 0 Å². The maximum Gasteiger partial charge on any atom is 0.323 e. The largest absolute Gasteiger partial charge is 0.480 e. The third-order valence-electron chi connectivity index (χ3n) is 3.56. The Kier molecular flexibility index (Phi) is 5.16. The lowest BCUT2D eigenvalue weighted by Crippen LogP contribution is -2.35. The number of aliphatic carboxylic acids is 1. The summed E-state index contributed by atoms with van der Waals surface area (Å²) in [6, 6.07) is 11.0. The van der Waals surface area contributed by atoms with Crippen LogP contribution < -0.4 is 0 Å². The maximum absolute atomic E-state index is 12.7. The van der Waals surface area contributed by atoms with Crippen molar-refractivity contribution in [2.75, 3.05) is 6.54 Å². The highest BCUT2D eigenvalue weighted by Crippen LogP contribution is 2.16. The Hall–Kier alpha value is -2.63. The fourth-order valence-electron chi connectivity index (χ4n) is 2.46. The van der Waals surface area contributed by atoms with E-state index in [-0.39, 0.29) is 30.6 Å². The highest BCUT2D eigenvalue weighted by molar-refractivity contribution is 5.94. The molecule has 6 heteroatoms. The van der Waals surface area contributed by atoms with Gasteiger partial charge in [-0.05, 0) is 17.5 Å². The molecule has 1 aromatic heterocycles. The molecule has 0 aliphatic carbocycles. The van der Waals surface area contributed by atoms with Crippen LogP contribution in [0.15, 0.2) is 36.4 Å². The summed E-state index contributed by atoms with van der Waals surface area (Å²) in [5.41, 5.74) is 2.08. The van der Waals surface area contributed by atoms with Crippen LogP contribution in [0.3, 0.4) is 0 Å². The van der Waals surface area contributed by atoms with Gasteiger partial charge in [0, 0.05) is 19.3 Å². The fourth-order valence-corrected chi connectivity index (χ4v) is 2.46. The number of carbonyl (C=O) groups is 2. The average Bonchev–Trinajstić information content (AvgIpc) is 2.88. The van der Waals surface area contributed by atoms with Crippen molar-refractivity contribution < 1.29 is 14.7 Å². The molecule has 0 aliphatic rings. The minimum atomic E-state index is -1.05. The monoisotopic (exact) mass is 315 g/mol. The zero-order valence-corrected chi connectivity index (χ0v) is 13.6. The maximum atomic E-state index is 12.7. The van der Waals surface area contributed by atoms with Crippen molar-refractivity contribution in [3.63, 3.8) is 0 Å². The van der Waals surface area contributed by atoms with E-state index in [1.54, 1.807) is 17.8 Å². The number of carboxylic acid groups (broad SMARTS) is 1. The average molecular weight is 315 g/mol. The van der Waals surface area contributed by atoms with E-state index in [4.69, 9.17) is 5.11 Å². The summed E-state index contributed by atoms with van der Waals surface area (Å²) < 4.78 is 1.67. The van der Waals surface area contributed by atoms with Gasteiger partial charge in [0.05, 0.1) is 0 Å². The minimum absolute atomic E-state index is 0.232. The minimum Gasteiger partial charge on any atom is -0.480 e. The molecule has 1 heterocycles. The number of hydrogen-bond acceptors (Lipinski definition) is 3. The molecule has 23 heavy (non-hydrogen) atoms. The summed E-state index contributed by atoms with van der Waals surface area (Å²) in [7, 11) is 1.78. The Morgan fingerprint density at radius 1 is 1.26 bits per heavy atom. The Morgan fingerprint density at radius 3 is 2.43 bits per heavy atom. The van der Waals surface area contributed by atoms with Gasteiger partial charge in [-0.25, -0.2) is 0 Å². The third kappa shape index (κ3) is 4.18. The summed E-state index contributed by atoms with van der Waals surface area (Å²) in [6.45, 7) is 3.91. The van der Waals surface area contributed by atoms with Crippen LogP contribution in [-0.2, 0) is 18.4 Å². The van der Waals surface area contributed by atoms with Crippen LogP contribution in [0.25, 0.3) is 0 Å². The van der Waals surface area contributed by atoms with Crippen LogP contribution >= 0.6 is 0 Å². The molecule has 2 rings (SSSR count). The molecule has 122 valence electrons. The first kappa shape index (κ1) is 16.7. The zero-order valence-electron chi connectivity index (χ0n) is 13.6. The number of hydrogen-bond donors (Lipinski definition) is 1. The van der Waals surface area contributed by atoms with Crippen molar-refractivity contribution in [2.24, 2.45) is 7.05 Å². The first-order chi connectivity index (χ1) is 10.9. The van der Waals surface area contributed by atoms with Crippen molar-refractivity contribution in [3.8, 4) is 0 Å². The molecule has 0 saturated heterocycles. The van der Waals surface area contributed by atoms with Crippen molar-refractivity contribution in [1.82, 2.24) is 14.7 Å². The van der Waals surface area contributed by atoms with Crippen LogP contribution in [0.5, 0.6) is 0 Å². The van der Waals surface area contributed by atoms with Crippen molar-refractivity contribution in [3.05, 3.63) is 53.3 Å². The fraction of sp³-hybridized carbons (Fsp3) is 0.353. The summed E-state index contributed by atoms with van der Waals surface area (Å²) in [4.78, 5) is 25.1. The number of carboxylic acids is 1. The predicted molar refractivity (Wildman–Crippen MR) is 86.1 cm³/mol. The second-order valence-corrected chi connectivity index (χ2v) is 5.77. The van der Waals surface area contributed by atoms with Crippen molar-refractivity contribution >= 4 is 11.9 Å². The van der Waals surface area contributed by atoms with Crippen LogP contribution in [0.1, 0.15) is 41.5 Å². The molecule has 0 atom stereocenters. The van der Waals surface area contributed by atoms with E-state index in [1.165, 1.54) is 4.90 Å². The summed E-state index contributed by atoms with van der Waals surface area (Å²) in [6.07, 6.45) is 0. The van der Waals surface area contributed by atoms with Gasteiger partial charge in [0.25, 0.3) is 5.91 Å². The molecule has 1 N–H and O–H groups in total. The number of amides is 1. The van der Waals surface area contributed by atoms with Crippen LogP contribution in [0, 0.1) is 0 Å². The first-order valence-corrected chi connectivity index (χ1v) is 7.47. The summed E-state index contributed by atoms with van der Waals surface area (Å²) in [5.74, 6) is -1.19. The van der Waals surface area contributed by atoms with Gasteiger partial charge in [0.15, 0.2) is 5.69 Å². The van der Waals surface area contributed by atoms with E-state index >= 15 is 0 Å². The van der Waals surface area contributed by atoms with Crippen LogP contribution in [-0.4, -0.2) is 38.2 Å². The second kappa shape index (κ2) is 7.09. The molecule has 0 fully saturated rings. The van der Waals surface area contributed by atoms with Gasteiger partial charge in [-0.1, -0.05) is 44.2 Å². The number of nitrogens with zero attached hydrogens (tertiary/aromatic N) is 3. The molecule has 2 aromatic rings. The molecule has 0 spiro atoms. The first-order valence-electron chi connectivity index (χ1n) is 7.47. The molecule has 0 bridgehead atoms. The number of rotatable bonds is 6. The van der Waals surface area contributed by atoms with E-state index in [0.29, 0.717) is 0 Å². The Labute approximate surface area is 135 Å². The highest BCUT2D eigenvalue weighted by atomic mass is 16.4. The molecule has 0 aliphatic heterocycles. The lowest BCUT2D eigenvalue weighted by Gasteiger charge is -2.19. The summed E-state index contributed by atoms with van der Waals surface area (Å²) in [5, 5.41) is 13.3. The van der Waals surface area contributed by atoms with Crippen molar-refractivity contribution in [2.45, 2.75) is 26.3 Å². The van der Waals surface area contributed by atoms with Crippen LogP contribution in [0.2, 0.25) is 0 Å². The molecule has 0 unspecified atom stereocenters. The molecular formula is C17H21N3O3. The summed E-state index contributed by atoms with van der Waals surface area (Å²) >= 11 is 0. The van der Waals surface area contributed by atoms with Gasteiger partial charge in [-0.2, -0.15) is 5.10 Å². The van der Waals surface area contributed by atoms with E-state index in [2.05, 4.69) is 5.10 Å². The predicted octanol–water partition coefficient (Wildman–Crippen LogP) is 2.27. The number of aryl methyl sites for hydroxylation is 1. The zero-order chi connectivity index (χ0) is 17.0. The standard InChI is InChI=1S/C17H21N3O3/c1-12(2)15-9-14(18-19(15)3)17(23)20(11-16(21)22)10-13-7-5-4-6-8-13/h4-9,12H,10-11H2,1-3H3,(H,21,22). The van der Waals surface area contributed by atoms with Gasteiger partial charge < -0.3 is 10.0 Å². The molecular weight excluding hydrogens is 294 g/mol. The number of benzene rings is 1. The van der Waals surface area contributed by atoms with Gasteiger partial charge in [-0.15, -0.1) is 0 Å². The lowest BCUT2D eigenvalue weighted by atomic mass is 10.1. The topological polar surface area (TPSA) is 75.4 Å². The third-order valence-corrected chi connectivity index (χ3v) is 3.56. The number of aromatic nitrogens is 2. The van der Waals surface area contributed by atoms with Gasteiger partial charge >= 0.3 is 5.97 Å². The van der Waals surface area contributed by atoms with Gasteiger partial charge in [0.2, 0.25) is 0 Å². The quantitative estimate of drug-likeness (QED) is 0.887. The normalized spacial score (nSPS) is 10.8. The van der Waals surface area contributed by atoms with Gasteiger partial charge in [0.1, 0.15) is 6.54 Å². The molecule has 6 nitrogen and oxygen atoms in total. The Bertz CT molecular complexity index is 692. The molecule has 0 radical (unpaired) electrons. The van der Waals surface area contributed by atoms with E-state index in [0.717, 1.165) is 11.3 Å². The lowest BCUT2D eigenvalue weighted by molar-refractivity contribution is -0.137. The van der Waals surface area contributed by atoms with Gasteiger partial charge in [-0.3, -0.25) is 14.3 Å². The van der Waals surface area contributed by atoms with E-state index < -0.39 is 5.97 Å². The Balaban J connectivity index is 2.26. The second-order valence-electron chi connectivity index (χ2n) is 5.77. The molecule has 0 saturated carbocycles. The smallest absolute Gasteiger partial charge is 0.323 e. The molecule has 1 aromatic carbocycles. The number of carbonyl (C=O) groups excluding carboxylic acids is 1. The van der Waals surface area contributed by atoms with E-state index in [9.17, 15) is 9.59 Å². The SMILES string of the molecule is CC(C)c1cc(C(=O)N(CC(=O)O)Cc2ccccc2)nn1C. The van der Waals surface area contributed by atoms with E-state index in [1.807, 2.05) is 44.2 Å². The Morgan fingerprint density at radius 2 is 1.91 bits per heavy atom. The highest BCUT2D eigenvalue weighted by Gasteiger charge is 2.22. The molecule has 1 amide bonds.